The van der Waals surface area contributed by atoms with Crippen LogP contribution >= 0.6 is 0 Å². The van der Waals surface area contributed by atoms with Gasteiger partial charge < -0.3 is 10.2 Å². The number of nitrogens with one attached hydrogen (secondary N) is 1. The highest BCUT2D eigenvalue weighted by Crippen LogP contribution is 2.48. The molecule has 2 aliphatic rings. The Morgan fingerprint density at radius 3 is 2.59 bits per heavy atom. The molecule has 2 aromatic rings. The van der Waals surface area contributed by atoms with Crippen molar-refractivity contribution in [2.24, 2.45) is 13.0 Å². The molecule has 1 aromatic carbocycles. The minimum absolute atomic E-state index is 0.0169. The van der Waals surface area contributed by atoms with Gasteiger partial charge in [0.05, 0.1) is 6.20 Å². The number of amides is 2. The Bertz CT molecular complexity index is 851. The molecule has 1 N–H and O–H groups in total. The van der Waals surface area contributed by atoms with Crippen molar-refractivity contribution < 1.29 is 9.59 Å². The molecule has 2 fully saturated rings. The summed E-state index contributed by atoms with van der Waals surface area (Å²) >= 11 is 0. The number of nitrogens with zero attached hydrogens (tertiary/aromatic N) is 3. The molecule has 1 saturated heterocycles. The Hall–Kier alpha value is -2.63. The smallest absolute Gasteiger partial charge is 0.251 e. The van der Waals surface area contributed by atoms with Crippen molar-refractivity contribution in [3.05, 3.63) is 53.3 Å². The second-order valence-corrected chi connectivity index (χ2v) is 7.78. The summed E-state index contributed by atoms with van der Waals surface area (Å²) in [7, 11) is 1.90. The average molecular weight is 366 g/mol. The average Bonchev–Trinajstić information content (AvgIpc) is 3.35. The summed E-state index contributed by atoms with van der Waals surface area (Å²) in [6.07, 6.45) is 6.42. The highest BCUT2D eigenvalue weighted by atomic mass is 16.2. The molecule has 0 bridgehead atoms. The quantitative estimate of drug-likeness (QED) is 0.902. The molecule has 6 nitrogen and oxygen atoms in total. The molecule has 1 aromatic heterocycles. The van der Waals surface area contributed by atoms with Crippen LogP contribution in [-0.4, -0.2) is 45.6 Å². The molecule has 4 rings (SSSR count). The zero-order valence-corrected chi connectivity index (χ0v) is 15.9. The minimum atomic E-state index is -0.0169. The Morgan fingerprint density at radius 1 is 1.19 bits per heavy atom. The standard InChI is InChI=1S/C21H26N4O2/c1-14-5-3-4-6-17(14)20(26)23-16-7-9-25(10-8-16)21(27)19-11-18(19)15-12-22-24(2)13-15/h3-6,12-13,16,18-19H,7-11H2,1-2H3,(H,23,26). The topological polar surface area (TPSA) is 67.2 Å². The summed E-state index contributed by atoms with van der Waals surface area (Å²) < 4.78 is 1.79. The second-order valence-electron chi connectivity index (χ2n) is 7.78. The molecule has 0 spiro atoms. The van der Waals surface area contributed by atoms with Crippen LogP contribution in [0, 0.1) is 12.8 Å². The largest absolute Gasteiger partial charge is 0.349 e. The van der Waals surface area contributed by atoms with Crippen LogP contribution in [0.3, 0.4) is 0 Å². The van der Waals surface area contributed by atoms with E-state index in [0.29, 0.717) is 19.0 Å². The number of carbonyl (C=O) groups excluding carboxylic acids is 2. The van der Waals surface area contributed by atoms with Crippen molar-refractivity contribution in [2.45, 2.75) is 38.1 Å². The van der Waals surface area contributed by atoms with Gasteiger partial charge in [0.1, 0.15) is 0 Å². The lowest BCUT2D eigenvalue weighted by atomic mass is 10.0. The van der Waals surface area contributed by atoms with E-state index in [9.17, 15) is 9.59 Å². The van der Waals surface area contributed by atoms with E-state index in [1.165, 1.54) is 0 Å². The summed E-state index contributed by atoms with van der Waals surface area (Å²) in [5.41, 5.74) is 2.88. The number of aryl methyl sites for hydroxylation is 2. The number of benzene rings is 1. The van der Waals surface area contributed by atoms with Crippen molar-refractivity contribution in [3.8, 4) is 0 Å². The number of rotatable bonds is 4. The molecule has 0 radical (unpaired) electrons. The van der Waals surface area contributed by atoms with E-state index in [-0.39, 0.29) is 23.8 Å². The fourth-order valence-electron chi connectivity index (χ4n) is 4.04. The van der Waals surface area contributed by atoms with Gasteiger partial charge in [-0.05, 0) is 49.3 Å². The number of likely N-dealkylation sites (tertiary alicyclic amines) is 1. The van der Waals surface area contributed by atoms with Crippen LogP contribution in [0.1, 0.15) is 46.7 Å². The Labute approximate surface area is 159 Å². The van der Waals surface area contributed by atoms with Gasteiger partial charge in [0, 0.05) is 43.9 Å². The first kappa shape index (κ1) is 17.8. The van der Waals surface area contributed by atoms with Crippen molar-refractivity contribution in [2.75, 3.05) is 13.1 Å². The number of hydrogen-bond acceptors (Lipinski definition) is 3. The van der Waals surface area contributed by atoms with Crippen LogP contribution < -0.4 is 5.32 Å². The van der Waals surface area contributed by atoms with Crippen molar-refractivity contribution in [1.82, 2.24) is 20.0 Å². The minimum Gasteiger partial charge on any atom is -0.349 e. The van der Waals surface area contributed by atoms with Crippen LogP contribution in [0.2, 0.25) is 0 Å². The molecular weight excluding hydrogens is 340 g/mol. The first-order chi connectivity index (χ1) is 13.0. The molecule has 6 heteroatoms. The van der Waals surface area contributed by atoms with Crippen LogP contribution in [0.15, 0.2) is 36.7 Å². The van der Waals surface area contributed by atoms with E-state index in [2.05, 4.69) is 10.4 Å². The van der Waals surface area contributed by atoms with E-state index in [4.69, 9.17) is 0 Å². The molecule has 1 aliphatic carbocycles. The molecule has 2 atom stereocenters. The first-order valence-corrected chi connectivity index (χ1v) is 9.66. The maximum absolute atomic E-state index is 12.8. The SMILES string of the molecule is Cc1ccccc1C(=O)NC1CCN(C(=O)C2CC2c2cnn(C)c2)CC1. The van der Waals surface area contributed by atoms with Gasteiger partial charge in [-0.1, -0.05) is 18.2 Å². The predicted octanol–water partition coefficient (Wildman–Crippen LogP) is 2.25. The molecule has 1 saturated carbocycles. The van der Waals surface area contributed by atoms with Gasteiger partial charge in [-0.25, -0.2) is 0 Å². The van der Waals surface area contributed by atoms with Crippen LogP contribution in [0.25, 0.3) is 0 Å². The van der Waals surface area contributed by atoms with E-state index in [1.54, 1.807) is 4.68 Å². The molecular formula is C21H26N4O2. The van der Waals surface area contributed by atoms with E-state index >= 15 is 0 Å². The second kappa shape index (κ2) is 7.18. The van der Waals surface area contributed by atoms with Gasteiger partial charge in [0.15, 0.2) is 0 Å². The number of piperidine rings is 1. The number of carbonyl (C=O) groups is 2. The molecule has 27 heavy (non-hydrogen) atoms. The third-order valence-electron chi connectivity index (χ3n) is 5.79. The maximum atomic E-state index is 12.8. The number of aromatic nitrogens is 2. The third kappa shape index (κ3) is 3.75. The third-order valence-corrected chi connectivity index (χ3v) is 5.79. The zero-order valence-electron chi connectivity index (χ0n) is 15.9. The summed E-state index contributed by atoms with van der Waals surface area (Å²) in [5.74, 6) is 0.668. The summed E-state index contributed by atoms with van der Waals surface area (Å²) in [6, 6.07) is 7.76. The molecule has 2 amide bonds. The van der Waals surface area contributed by atoms with E-state index < -0.39 is 0 Å². The van der Waals surface area contributed by atoms with Gasteiger partial charge in [0.25, 0.3) is 5.91 Å². The van der Waals surface area contributed by atoms with Crippen molar-refractivity contribution in [3.63, 3.8) is 0 Å². The Morgan fingerprint density at radius 2 is 1.93 bits per heavy atom. The summed E-state index contributed by atoms with van der Waals surface area (Å²) in [5, 5.41) is 7.33. The van der Waals surface area contributed by atoms with Gasteiger partial charge >= 0.3 is 0 Å². The highest BCUT2D eigenvalue weighted by molar-refractivity contribution is 5.95. The summed E-state index contributed by atoms with van der Waals surface area (Å²) in [6.45, 7) is 3.38. The number of hydrogen-bond donors (Lipinski definition) is 1. The maximum Gasteiger partial charge on any atom is 0.251 e. The normalized spacial score (nSPS) is 22.5. The monoisotopic (exact) mass is 366 g/mol. The lowest BCUT2D eigenvalue weighted by Gasteiger charge is -2.32. The zero-order chi connectivity index (χ0) is 19.0. The highest BCUT2D eigenvalue weighted by Gasteiger charge is 2.46. The fourth-order valence-corrected chi connectivity index (χ4v) is 4.04. The van der Waals surface area contributed by atoms with E-state index in [0.717, 1.165) is 36.0 Å². The molecule has 1 aliphatic heterocycles. The lowest BCUT2D eigenvalue weighted by Crippen LogP contribution is -2.47. The lowest BCUT2D eigenvalue weighted by molar-refractivity contribution is -0.133. The molecule has 2 heterocycles. The molecule has 2 unspecified atom stereocenters. The van der Waals surface area contributed by atoms with Gasteiger partial charge in [-0.15, -0.1) is 0 Å². The van der Waals surface area contributed by atoms with Crippen LogP contribution in [0.4, 0.5) is 0 Å². The molecule has 142 valence electrons. The van der Waals surface area contributed by atoms with Crippen LogP contribution in [0.5, 0.6) is 0 Å². The summed E-state index contributed by atoms with van der Waals surface area (Å²) in [4.78, 5) is 27.2. The van der Waals surface area contributed by atoms with Crippen LogP contribution in [-0.2, 0) is 11.8 Å². The van der Waals surface area contributed by atoms with Gasteiger partial charge in [-0.2, -0.15) is 5.10 Å². The Kier molecular flexibility index (Phi) is 4.72. The first-order valence-electron chi connectivity index (χ1n) is 9.66. The van der Waals surface area contributed by atoms with Crippen molar-refractivity contribution in [1.29, 1.82) is 0 Å². The van der Waals surface area contributed by atoms with Crippen molar-refractivity contribution >= 4 is 11.8 Å². The predicted molar refractivity (Wildman–Crippen MR) is 102 cm³/mol. The fraction of sp³-hybridized carbons (Fsp3) is 0.476. The Balaban J connectivity index is 1.27. The van der Waals surface area contributed by atoms with Gasteiger partial charge in [0.2, 0.25) is 5.91 Å². The van der Waals surface area contributed by atoms with Gasteiger partial charge in [-0.3, -0.25) is 14.3 Å². The van der Waals surface area contributed by atoms with E-state index in [1.807, 2.05) is 55.5 Å².